The Morgan fingerprint density at radius 2 is 2.44 bits per heavy atom. The number of aromatic nitrogens is 2. The standard InChI is InChI=1S/C11H14N2O3/c1-2-13-10(14)6-8-5-7(11(15)16)3-4-9(8)12-13/h6-7H,2-5H2,1H3,(H,15,16)/t7-/m1/s1. The number of hydrogen-bond acceptors (Lipinski definition) is 3. The third kappa shape index (κ3) is 1.85. The minimum Gasteiger partial charge on any atom is -0.481 e. The fourth-order valence-electron chi connectivity index (χ4n) is 2.07. The van der Waals surface area contributed by atoms with Gasteiger partial charge in [-0.25, -0.2) is 4.68 Å². The minimum atomic E-state index is -0.787. The van der Waals surface area contributed by atoms with Crippen LogP contribution in [0.4, 0.5) is 0 Å². The summed E-state index contributed by atoms with van der Waals surface area (Å²) in [5.41, 5.74) is 1.53. The predicted octanol–water partition coefficient (Wildman–Crippen LogP) is 0.453. The normalized spacial score (nSPS) is 19.2. The van der Waals surface area contributed by atoms with Crippen LogP contribution in [0.25, 0.3) is 0 Å². The van der Waals surface area contributed by atoms with E-state index in [-0.39, 0.29) is 11.5 Å². The van der Waals surface area contributed by atoms with Gasteiger partial charge in [-0.3, -0.25) is 9.59 Å². The Balaban J connectivity index is 2.37. The maximum Gasteiger partial charge on any atom is 0.306 e. The zero-order chi connectivity index (χ0) is 11.7. The SMILES string of the molecule is CCn1nc2c(cc1=O)C[C@H](C(=O)O)CC2. The maximum absolute atomic E-state index is 11.6. The molecule has 0 spiro atoms. The molecule has 1 N–H and O–H groups in total. The van der Waals surface area contributed by atoms with Gasteiger partial charge in [-0.2, -0.15) is 5.10 Å². The molecule has 0 aromatic carbocycles. The van der Waals surface area contributed by atoms with Crippen LogP contribution in [0.2, 0.25) is 0 Å². The molecule has 0 fully saturated rings. The van der Waals surface area contributed by atoms with E-state index in [1.807, 2.05) is 6.92 Å². The Hall–Kier alpha value is -1.65. The number of aliphatic carboxylic acids is 1. The van der Waals surface area contributed by atoms with Crippen molar-refractivity contribution in [1.29, 1.82) is 0 Å². The van der Waals surface area contributed by atoms with E-state index in [1.54, 1.807) is 0 Å². The molecular weight excluding hydrogens is 208 g/mol. The second kappa shape index (κ2) is 4.08. The van der Waals surface area contributed by atoms with Gasteiger partial charge in [0, 0.05) is 12.6 Å². The van der Waals surface area contributed by atoms with Gasteiger partial charge in [-0.1, -0.05) is 0 Å². The molecule has 5 nitrogen and oxygen atoms in total. The molecule has 86 valence electrons. The molecule has 0 radical (unpaired) electrons. The molecule has 16 heavy (non-hydrogen) atoms. The summed E-state index contributed by atoms with van der Waals surface area (Å²) in [7, 11) is 0. The van der Waals surface area contributed by atoms with Crippen molar-refractivity contribution in [3.8, 4) is 0 Å². The second-order valence-electron chi connectivity index (χ2n) is 4.05. The van der Waals surface area contributed by atoms with E-state index in [2.05, 4.69) is 5.10 Å². The summed E-state index contributed by atoms with van der Waals surface area (Å²) >= 11 is 0. The van der Waals surface area contributed by atoms with E-state index >= 15 is 0 Å². The zero-order valence-corrected chi connectivity index (χ0v) is 9.14. The first kappa shape index (κ1) is 10.9. The van der Waals surface area contributed by atoms with E-state index in [0.29, 0.717) is 25.8 Å². The quantitative estimate of drug-likeness (QED) is 0.788. The number of carbonyl (C=O) groups is 1. The number of aryl methyl sites for hydroxylation is 2. The van der Waals surface area contributed by atoms with Gasteiger partial charge < -0.3 is 5.11 Å². The molecular formula is C11H14N2O3. The molecule has 2 rings (SSSR count). The van der Waals surface area contributed by atoms with Crippen LogP contribution >= 0.6 is 0 Å². The van der Waals surface area contributed by atoms with Crippen molar-refractivity contribution in [2.75, 3.05) is 0 Å². The van der Waals surface area contributed by atoms with Crippen LogP contribution in [0.15, 0.2) is 10.9 Å². The second-order valence-corrected chi connectivity index (χ2v) is 4.05. The summed E-state index contributed by atoms with van der Waals surface area (Å²) in [5.74, 6) is -1.16. The molecule has 1 aromatic rings. The Kier molecular flexibility index (Phi) is 2.77. The highest BCUT2D eigenvalue weighted by Gasteiger charge is 2.25. The lowest BCUT2D eigenvalue weighted by Gasteiger charge is -2.20. The number of rotatable bonds is 2. The van der Waals surface area contributed by atoms with Gasteiger partial charge in [-0.15, -0.1) is 0 Å². The number of nitrogens with zero attached hydrogens (tertiary/aromatic N) is 2. The van der Waals surface area contributed by atoms with Crippen molar-refractivity contribution in [2.45, 2.75) is 32.7 Å². The molecule has 0 unspecified atom stereocenters. The van der Waals surface area contributed by atoms with Gasteiger partial charge in [-0.05, 0) is 31.7 Å². The molecule has 0 saturated heterocycles. The number of hydrogen-bond donors (Lipinski definition) is 1. The number of carboxylic acid groups (broad SMARTS) is 1. The molecule has 5 heteroatoms. The highest BCUT2D eigenvalue weighted by molar-refractivity contribution is 5.70. The lowest BCUT2D eigenvalue weighted by molar-refractivity contribution is -0.142. The van der Waals surface area contributed by atoms with Crippen molar-refractivity contribution in [2.24, 2.45) is 5.92 Å². The number of fused-ring (bicyclic) bond motifs is 1. The summed E-state index contributed by atoms with van der Waals surface area (Å²) < 4.78 is 1.42. The van der Waals surface area contributed by atoms with E-state index in [9.17, 15) is 9.59 Å². The largest absolute Gasteiger partial charge is 0.481 e. The molecule has 0 aliphatic heterocycles. The molecule has 1 heterocycles. The van der Waals surface area contributed by atoms with Gasteiger partial charge >= 0.3 is 5.97 Å². The van der Waals surface area contributed by atoms with Gasteiger partial charge in [0.1, 0.15) is 0 Å². The van der Waals surface area contributed by atoms with E-state index < -0.39 is 5.97 Å². The van der Waals surface area contributed by atoms with Gasteiger partial charge in [0.15, 0.2) is 0 Å². The van der Waals surface area contributed by atoms with Crippen molar-refractivity contribution >= 4 is 5.97 Å². The van der Waals surface area contributed by atoms with Crippen LogP contribution in [-0.4, -0.2) is 20.9 Å². The summed E-state index contributed by atoms with van der Waals surface area (Å²) in [5, 5.41) is 13.2. The van der Waals surface area contributed by atoms with Gasteiger partial charge in [0.05, 0.1) is 11.6 Å². The fraction of sp³-hybridized carbons (Fsp3) is 0.545. The smallest absolute Gasteiger partial charge is 0.306 e. The third-order valence-electron chi connectivity index (χ3n) is 3.01. The first-order chi connectivity index (χ1) is 7.61. The van der Waals surface area contributed by atoms with E-state index in [1.165, 1.54) is 10.7 Å². The first-order valence-electron chi connectivity index (χ1n) is 5.44. The monoisotopic (exact) mass is 222 g/mol. The van der Waals surface area contributed by atoms with Crippen LogP contribution in [0.3, 0.4) is 0 Å². The van der Waals surface area contributed by atoms with Crippen LogP contribution < -0.4 is 5.56 Å². The van der Waals surface area contributed by atoms with Gasteiger partial charge in [0.25, 0.3) is 5.56 Å². The van der Waals surface area contributed by atoms with E-state index in [0.717, 1.165) is 11.3 Å². The average Bonchev–Trinajstić information content (AvgIpc) is 2.27. The molecule has 1 aliphatic carbocycles. The Bertz CT molecular complexity index is 479. The highest BCUT2D eigenvalue weighted by Crippen LogP contribution is 2.22. The topological polar surface area (TPSA) is 72.2 Å². The van der Waals surface area contributed by atoms with Crippen LogP contribution in [0, 0.1) is 5.92 Å². The van der Waals surface area contributed by atoms with Crippen LogP contribution in [0.1, 0.15) is 24.6 Å². The maximum atomic E-state index is 11.6. The highest BCUT2D eigenvalue weighted by atomic mass is 16.4. The van der Waals surface area contributed by atoms with E-state index in [4.69, 9.17) is 5.11 Å². The van der Waals surface area contributed by atoms with Crippen LogP contribution in [0.5, 0.6) is 0 Å². The average molecular weight is 222 g/mol. The van der Waals surface area contributed by atoms with Crippen molar-refractivity contribution in [3.63, 3.8) is 0 Å². The molecule has 1 aliphatic rings. The Morgan fingerprint density at radius 3 is 3.06 bits per heavy atom. The lowest BCUT2D eigenvalue weighted by atomic mass is 9.87. The van der Waals surface area contributed by atoms with Gasteiger partial charge in [0.2, 0.25) is 0 Å². The molecule has 0 saturated carbocycles. The first-order valence-corrected chi connectivity index (χ1v) is 5.44. The molecule has 0 bridgehead atoms. The summed E-state index contributed by atoms with van der Waals surface area (Å²) in [6.45, 7) is 2.41. The Labute approximate surface area is 92.7 Å². The number of carboxylic acids is 1. The third-order valence-corrected chi connectivity index (χ3v) is 3.01. The zero-order valence-electron chi connectivity index (χ0n) is 9.14. The summed E-state index contributed by atoms with van der Waals surface area (Å²) in [6, 6.07) is 1.53. The lowest BCUT2D eigenvalue weighted by Crippen LogP contribution is -2.29. The molecule has 1 atom stereocenters. The fourth-order valence-corrected chi connectivity index (χ4v) is 2.07. The van der Waals surface area contributed by atoms with Crippen molar-refractivity contribution in [1.82, 2.24) is 9.78 Å². The van der Waals surface area contributed by atoms with Crippen molar-refractivity contribution in [3.05, 3.63) is 27.7 Å². The summed E-state index contributed by atoms with van der Waals surface area (Å²) in [6.07, 6.45) is 1.68. The van der Waals surface area contributed by atoms with Crippen molar-refractivity contribution < 1.29 is 9.90 Å². The minimum absolute atomic E-state index is 0.146. The summed E-state index contributed by atoms with van der Waals surface area (Å²) in [4.78, 5) is 22.4. The molecule has 0 amide bonds. The Morgan fingerprint density at radius 1 is 1.69 bits per heavy atom. The molecule has 1 aromatic heterocycles. The predicted molar refractivity (Wildman–Crippen MR) is 57.3 cm³/mol. The van der Waals surface area contributed by atoms with Crippen LogP contribution in [-0.2, 0) is 24.2 Å².